The lowest BCUT2D eigenvalue weighted by atomic mass is 9.99. The molecule has 0 saturated heterocycles. The molecule has 1 aromatic heterocycles. The molecular formula is C23H20FNO5. The number of ether oxygens (including phenoxy) is 2. The zero-order chi connectivity index (χ0) is 21.0. The van der Waals surface area contributed by atoms with Gasteiger partial charge in [-0.15, -0.1) is 0 Å². The molecule has 1 aliphatic heterocycles. The lowest BCUT2D eigenvalue weighted by molar-refractivity contribution is 0.0694. The maximum atomic E-state index is 15.7. The van der Waals surface area contributed by atoms with Crippen LogP contribution in [0.4, 0.5) is 4.39 Å². The van der Waals surface area contributed by atoms with Crippen molar-refractivity contribution in [3.8, 4) is 11.5 Å². The standard InChI is InChI=1S/C23H20FNO5/c1-12-10-29-22-16(14-7-8-14)18(24)21(30-11-13-5-3-2-4-6-13)17-19(22)25(12)9-15(20(17)26)23(27)28/h2-6,9,12,14H,7-8,10-11H2,1H3,(H,27,28). The van der Waals surface area contributed by atoms with Gasteiger partial charge in [0.25, 0.3) is 0 Å². The molecule has 2 aromatic carbocycles. The first kappa shape index (κ1) is 18.7. The van der Waals surface area contributed by atoms with Gasteiger partial charge in [-0.25, -0.2) is 9.18 Å². The fourth-order valence-corrected chi connectivity index (χ4v) is 4.07. The minimum absolute atomic E-state index is 0.0135. The molecule has 5 rings (SSSR count). The van der Waals surface area contributed by atoms with Crippen molar-refractivity contribution in [2.75, 3.05) is 6.61 Å². The summed E-state index contributed by atoms with van der Waals surface area (Å²) in [5.41, 5.74) is 0.472. The van der Waals surface area contributed by atoms with E-state index in [4.69, 9.17) is 9.47 Å². The molecule has 1 fully saturated rings. The Hall–Kier alpha value is -3.35. The molecule has 0 amide bonds. The zero-order valence-corrected chi connectivity index (χ0v) is 16.4. The molecule has 3 aromatic rings. The number of aromatic nitrogens is 1. The van der Waals surface area contributed by atoms with Gasteiger partial charge in [0.15, 0.2) is 17.3 Å². The van der Waals surface area contributed by atoms with Crippen molar-refractivity contribution in [2.45, 2.75) is 38.3 Å². The van der Waals surface area contributed by atoms with Crippen molar-refractivity contribution in [1.29, 1.82) is 0 Å². The summed E-state index contributed by atoms with van der Waals surface area (Å²) < 4.78 is 29.2. The van der Waals surface area contributed by atoms with Crippen molar-refractivity contribution < 1.29 is 23.8 Å². The topological polar surface area (TPSA) is 77.8 Å². The van der Waals surface area contributed by atoms with Gasteiger partial charge in [0.1, 0.15) is 18.8 Å². The largest absolute Gasteiger partial charge is 0.489 e. The van der Waals surface area contributed by atoms with Gasteiger partial charge in [-0.2, -0.15) is 0 Å². The number of hydrogen-bond donors (Lipinski definition) is 1. The molecule has 1 aliphatic carbocycles. The monoisotopic (exact) mass is 409 g/mol. The highest BCUT2D eigenvalue weighted by Gasteiger charge is 2.38. The summed E-state index contributed by atoms with van der Waals surface area (Å²) in [6.45, 7) is 2.19. The normalized spacial score (nSPS) is 17.6. The molecule has 30 heavy (non-hydrogen) atoms. The molecule has 2 aliphatic rings. The SMILES string of the molecule is CC1COc2c(C3CC3)c(F)c(OCc3ccccc3)c3c(=O)c(C(=O)O)cn1c23. The van der Waals surface area contributed by atoms with Gasteiger partial charge in [0, 0.05) is 11.8 Å². The summed E-state index contributed by atoms with van der Waals surface area (Å²) in [6, 6.07) is 9.02. The number of benzene rings is 2. The van der Waals surface area contributed by atoms with Crippen molar-refractivity contribution in [3.05, 3.63) is 69.3 Å². The summed E-state index contributed by atoms with van der Waals surface area (Å²) in [5.74, 6) is -1.83. The van der Waals surface area contributed by atoms with Crippen molar-refractivity contribution >= 4 is 16.9 Å². The average Bonchev–Trinajstić information content (AvgIpc) is 3.56. The lowest BCUT2D eigenvalue weighted by Crippen LogP contribution is -2.28. The van der Waals surface area contributed by atoms with Crippen LogP contribution < -0.4 is 14.9 Å². The van der Waals surface area contributed by atoms with Crippen LogP contribution in [0.3, 0.4) is 0 Å². The number of pyridine rings is 1. The number of nitrogens with zero attached hydrogens (tertiary/aromatic N) is 1. The molecule has 1 N–H and O–H groups in total. The Labute approximate surface area is 171 Å². The first-order valence-electron chi connectivity index (χ1n) is 9.94. The van der Waals surface area contributed by atoms with E-state index in [0.29, 0.717) is 16.8 Å². The Morgan fingerprint density at radius 1 is 1.30 bits per heavy atom. The van der Waals surface area contributed by atoms with Gasteiger partial charge in [-0.1, -0.05) is 30.3 Å². The fraction of sp³-hybridized carbons (Fsp3) is 0.304. The number of carboxylic acids is 1. The minimum atomic E-state index is -1.36. The second-order valence-electron chi connectivity index (χ2n) is 7.90. The first-order valence-corrected chi connectivity index (χ1v) is 9.94. The van der Waals surface area contributed by atoms with Gasteiger partial charge in [-0.3, -0.25) is 4.79 Å². The number of hydrogen-bond acceptors (Lipinski definition) is 4. The van der Waals surface area contributed by atoms with E-state index in [1.54, 1.807) is 4.57 Å². The minimum Gasteiger partial charge on any atom is -0.489 e. The first-order chi connectivity index (χ1) is 14.5. The van der Waals surface area contributed by atoms with Crippen LogP contribution in [0.5, 0.6) is 11.5 Å². The zero-order valence-electron chi connectivity index (χ0n) is 16.4. The van der Waals surface area contributed by atoms with Crippen LogP contribution >= 0.6 is 0 Å². The Morgan fingerprint density at radius 3 is 2.70 bits per heavy atom. The van der Waals surface area contributed by atoms with E-state index in [0.717, 1.165) is 18.4 Å². The summed E-state index contributed by atoms with van der Waals surface area (Å²) >= 11 is 0. The third-order valence-corrected chi connectivity index (χ3v) is 5.74. The molecular weight excluding hydrogens is 389 g/mol. The molecule has 6 nitrogen and oxygen atoms in total. The highest BCUT2D eigenvalue weighted by molar-refractivity contribution is 5.98. The second-order valence-corrected chi connectivity index (χ2v) is 7.90. The van der Waals surface area contributed by atoms with E-state index in [-0.39, 0.29) is 36.3 Å². The van der Waals surface area contributed by atoms with Gasteiger partial charge in [0.2, 0.25) is 5.43 Å². The number of aromatic carboxylic acids is 1. The molecule has 0 spiro atoms. The van der Waals surface area contributed by atoms with Crippen molar-refractivity contribution in [2.24, 2.45) is 0 Å². The highest BCUT2D eigenvalue weighted by atomic mass is 19.1. The molecule has 7 heteroatoms. The predicted octanol–water partition coefficient (Wildman–Crippen LogP) is 4.25. The maximum Gasteiger partial charge on any atom is 0.341 e. The van der Waals surface area contributed by atoms with Gasteiger partial charge in [0.05, 0.1) is 16.9 Å². The number of halogens is 1. The summed E-state index contributed by atoms with van der Waals surface area (Å²) in [6.07, 6.45) is 3.01. The highest BCUT2D eigenvalue weighted by Crippen LogP contribution is 2.52. The summed E-state index contributed by atoms with van der Waals surface area (Å²) in [7, 11) is 0. The van der Waals surface area contributed by atoms with Crippen LogP contribution in [0.1, 0.15) is 53.2 Å². The average molecular weight is 409 g/mol. The van der Waals surface area contributed by atoms with E-state index >= 15 is 4.39 Å². The number of carbonyl (C=O) groups is 1. The third-order valence-electron chi connectivity index (χ3n) is 5.74. The van der Waals surface area contributed by atoms with Gasteiger partial charge >= 0.3 is 5.97 Å². The van der Waals surface area contributed by atoms with Crippen molar-refractivity contribution in [1.82, 2.24) is 4.57 Å². The molecule has 0 radical (unpaired) electrons. The van der Waals surface area contributed by atoms with Gasteiger partial charge in [-0.05, 0) is 31.2 Å². The van der Waals surface area contributed by atoms with Crippen LogP contribution in [0.25, 0.3) is 10.9 Å². The molecule has 154 valence electrons. The smallest absolute Gasteiger partial charge is 0.341 e. The van der Waals surface area contributed by atoms with E-state index in [2.05, 4.69) is 0 Å². The summed E-state index contributed by atoms with van der Waals surface area (Å²) in [4.78, 5) is 24.8. The molecule has 1 atom stereocenters. The number of rotatable bonds is 5. The number of carboxylic acid groups (broad SMARTS) is 1. The quantitative estimate of drug-likeness (QED) is 0.682. The Morgan fingerprint density at radius 2 is 2.03 bits per heavy atom. The summed E-state index contributed by atoms with van der Waals surface area (Å²) in [5, 5.41) is 9.49. The molecule has 1 unspecified atom stereocenters. The Bertz CT molecular complexity index is 1230. The van der Waals surface area contributed by atoms with Crippen LogP contribution in [0.2, 0.25) is 0 Å². The van der Waals surface area contributed by atoms with Crippen LogP contribution in [0.15, 0.2) is 41.3 Å². The lowest BCUT2D eigenvalue weighted by Gasteiger charge is -2.29. The van der Waals surface area contributed by atoms with Crippen LogP contribution in [-0.4, -0.2) is 22.2 Å². The molecule has 1 saturated carbocycles. The van der Waals surface area contributed by atoms with E-state index in [9.17, 15) is 14.7 Å². The fourth-order valence-electron chi connectivity index (χ4n) is 4.07. The van der Waals surface area contributed by atoms with Crippen molar-refractivity contribution in [3.63, 3.8) is 0 Å². The van der Waals surface area contributed by atoms with Gasteiger partial charge < -0.3 is 19.1 Å². The third kappa shape index (κ3) is 2.84. The van der Waals surface area contributed by atoms with Crippen LogP contribution in [0, 0.1) is 5.82 Å². The van der Waals surface area contributed by atoms with E-state index in [1.807, 2.05) is 37.3 Å². The Kier molecular flexibility index (Phi) is 4.27. The predicted molar refractivity (Wildman–Crippen MR) is 108 cm³/mol. The van der Waals surface area contributed by atoms with Crippen LogP contribution in [-0.2, 0) is 6.61 Å². The Balaban J connectivity index is 1.81. The molecule has 0 bridgehead atoms. The van der Waals surface area contributed by atoms with E-state index < -0.39 is 22.8 Å². The van der Waals surface area contributed by atoms with E-state index in [1.165, 1.54) is 6.20 Å². The second kappa shape index (κ2) is 6.86. The molecule has 2 heterocycles. The maximum absolute atomic E-state index is 15.7.